The van der Waals surface area contributed by atoms with Crippen LogP contribution in [0.4, 0.5) is 0 Å². The summed E-state index contributed by atoms with van der Waals surface area (Å²) in [5.74, 6) is 0.829. The van der Waals surface area contributed by atoms with Gasteiger partial charge in [0, 0.05) is 20.0 Å². The van der Waals surface area contributed by atoms with Crippen molar-refractivity contribution < 1.29 is 4.79 Å². The van der Waals surface area contributed by atoms with E-state index in [1.165, 1.54) is 19.4 Å². The Morgan fingerprint density at radius 3 is 2.95 bits per heavy atom. The maximum absolute atomic E-state index is 11.9. The highest BCUT2D eigenvalue weighted by Crippen LogP contribution is 2.19. The van der Waals surface area contributed by atoms with Crippen LogP contribution in [0, 0.1) is 12.8 Å². The number of nitrogens with zero attached hydrogens (tertiary/aromatic N) is 3. The third kappa shape index (κ3) is 4.34. The van der Waals surface area contributed by atoms with Crippen molar-refractivity contribution in [3.05, 3.63) is 17.5 Å². The highest BCUT2D eigenvalue weighted by atomic mass is 16.1. The molecule has 0 aromatic carbocycles. The summed E-state index contributed by atoms with van der Waals surface area (Å²) in [6.45, 7) is 4.86. The van der Waals surface area contributed by atoms with Crippen LogP contribution in [0.25, 0.3) is 0 Å². The minimum Gasteiger partial charge on any atom is -0.350 e. The number of carbonyl (C=O) groups excluding carboxylic acids is 1. The summed E-state index contributed by atoms with van der Waals surface area (Å²) in [6.07, 6.45) is 4.16. The van der Waals surface area contributed by atoms with Crippen LogP contribution < -0.4 is 5.32 Å². The summed E-state index contributed by atoms with van der Waals surface area (Å²) in [5.41, 5.74) is 2.04. The topological polar surface area (TPSA) is 50.2 Å². The van der Waals surface area contributed by atoms with Gasteiger partial charge in [0.05, 0.1) is 17.9 Å². The molecule has 1 saturated heterocycles. The van der Waals surface area contributed by atoms with Gasteiger partial charge in [0.2, 0.25) is 5.91 Å². The molecule has 0 bridgehead atoms. The van der Waals surface area contributed by atoms with Gasteiger partial charge in [-0.25, -0.2) is 0 Å². The molecule has 0 radical (unpaired) electrons. The van der Waals surface area contributed by atoms with E-state index in [1.807, 2.05) is 24.7 Å². The van der Waals surface area contributed by atoms with E-state index in [2.05, 4.69) is 22.4 Å². The fourth-order valence-electron chi connectivity index (χ4n) is 2.95. The Bertz CT molecular complexity index is 455. The number of nitrogens with one attached hydrogen (secondary N) is 1. The van der Waals surface area contributed by atoms with Crippen molar-refractivity contribution in [2.45, 2.75) is 39.2 Å². The van der Waals surface area contributed by atoms with Gasteiger partial charge in [-0.1, -0.05) is 0 Å². The Morgan fingerprint density at radius 2 is 2.30 bits per heavy atom. The SMILES string of the molecule is Cc1cc(CNC(=O)CC[C@@H]2CCCN(C)C2)n(C)n1. The molecule has 5 nitrogen and oxygen atoms in total. The molecule has 1 aromatic heterocycles. The summed E-state index contributed by atoms with van der Waals surface area (Å²) in [6, 6.07) is 2.01. The van der Waals surface area contributed by atoms with Gasteiger partial charge in [-0.2, -0.15) is 5.10 Å². The molecule has 1 atom stereocenters. The molecule has 0 saturated carbocycles. The first kappa shape index (κ1) is 15.0. The molecule has 0 unspecified atom stereocenters. The lowest BCUT2D eigenvalue weighted by Gasteiger charge is -2.29. The van der Waals surface area contributed by atoms with Crippen LogP contribution >= 0.6 is 0 Å². The number of carbonyl (C=O) groups is 1. The predicted molar refractivity (Wildman–Crippen MR) is 79.2 cm³/mol. The van der Waals surface area contributed by atoms with Crippen LogP contribution in [0.2, 0.25) is 0 Å². The molecule has 5 heteroatoms. The number of hydrogen-bond acceptors (Lipinski definition) is 3. The molecule has 2 heterocycles. The standard InChI is InChI=1S/C15H26N4O/c1-12-9-14(19(3)17-12)10-16-15(20)7-6-13-5-4-8-18(2)11-13/h9,13H,4-8,10-11H2,1-3H3,(H,16,20)/t13-/m0/s1. The van der Waals surface area contributed by atoms with Gasteiger partial charge < -0.3 is 10.2 Å². The Labute approximate surface area is 121 Å². The van der Waals surface area contributed by atoms with Crippen LogP contribution in [0.5, 0.6) is 0 Å². The smallest absolute Gasteiger partial charge is 0.220 e. The minimum atomic E-state index is 0.150. The van der Waals surface area contributed by atoms with Crippen LogP contribution in [0.3, 0.4) is 0 Å². The molecule has 20 heavy (non-hydrogen) atoms. The zero-order valence-electron chi connectivity index (χ0n) is 12.9. The largest absolute Gasteiger partial charge is 0.350 e. The van der Waals surface area contributed by atoms with E-state index in [-0.39, 0.29) is 5.91 Å². The van der Waals surface area contributed by atoms with E-state index in [0.29, 0.717) is 18.9 Å². The molecule has 1 amide bonds. The zero-order chi connectivity index (χ0) is 14.5. The predicted octanol–water partition coefficient (Wildman–Crippen LogP) is 1.47. The van der Waals surface area contributed by atoms with Crippen molar-refractivity contribution in [1.82, 2.24) is 20.0 Å². The third-order valence-corrected chi connectivity index (χ3v) is 4.07. The molecule has 1 N–H and O–H groups in total. The molecule has 1 aromatic rings. The Hall–Kier alpha value is -1.36. The first-order valence-electron chi connectivity index (χ1n) is 7.49. The number of piperidine rings is 1. The van der Waals surface area contributed by atoms with Crippen molar-refractivity contribution in [3.8, 4) is 0 Å². The summed E-state index contributed by atoms with van der Waals surface area (Å²) in [4.78, 5) is 14.3. The van der Waals surface area contributed by atoms with E-state index >= 15 is 0 Å². The first-order chi connectivity index (χ1) is 9.54. The van der Waals surface area contributed by atoms with Gasteiger partial charge in [-0.05, 0) is 51.8 Å². The van der Waals surface area contributed by atoms with E-state index in [0.717, 1.165) is 24.4 Å². The number of hydrogen-bond donors (Lipinski definition) is 1. The van der Waals surface area contributed by atoms with Crippen molar-refractivity contribution in [1.29, 1.82) is 0 Å². The maximum Gasteiger partial charge on any atom is 0.220 e. The summed E-state index contributed by atoms with van der Waals surface area (Å²) >= 11 is 0. The summed E-state index contributed by atoms with van der Waals surface area (Å²) < 4.78 is 1.83. The monoisotopic (exact) mass is 278 g/mol. The molecule has 2 rings (SSSR count). The molecule has 1 aliphatic rings. The van der Waals surface area contributed by atoms with Crippen molar-refractivity contribution in [3.63, 3.8) is 0 Å². The number of rotatable bonds is 5. The van der Waals surface area contributed by atoms with Crippen molar-refractivity contribution in [2.24, 2.45) is 13.0 Å². The van der Waals surface area contributed by atoms with Crippen molar-refractivity contribution in [2.75, 3.05) is 20.1 Å². The maximum atomic E-state index is 11.9. The second kappa shape index (κ2) is 6.88. The van der Waals surface area contributed by atoms with E-state index in [1.54, 1.807) is 0 Å². The zero-order valence-corrected chi connectivity index (χ0v) is 12.9. The third-order valence-electron chi connectivity index (χ3n) is 4.07. The molecule has 112 valence electrons. The van der Waals surface area contributed by atoms with E-state index < -0.39 is 0 Å². The summed E-state index contributed by atoms with van der Waals surface area (Å²) in [7, 11) is 4.07. The molecule has 1 aliphatic heterocycles. The fraction of sp³-hybridized carbons (Fsp3) is 0.733. The second-order valence-corrected chi connectivity index (χ2v) is 5.99. The molecule has 0 aliphatic carbocycles. The van der Waals surface area contributed by atoms with Gasteiger partial charge in [0.25, 0.3) is 0 Å². The second-order valence-electron chi connectivity index (χ2n) is 5.99. The lowest BCUT2D eigenvalue weighted by atomic mass is 9.93. The Balaban J connectivity index is 1.69. The van der Waals surface area contributed by atoms with Crippen molar-refractivity contribution >= 4 is 5.91 Å². The highest BCUT2D eigenvalue weighted by Gasteiger charge is 2.18. The van der Waals surface area contributed by atoms with Gasteiger partial charge in [0.15, 0.2) is 0 Å². The van der Waals surface area contributed by atoms with E-state index in [4.69, 9.17) is 0 Å². The van der Waals surface area contributed by atoms with Gasteiger partial charge in [-0.15, -0.1) is 0 Å². The summed E-state index contributed by atoms with van der Waals surface area (Å²) in [5, 5.41) is 7.27. The molecule has 1 fully saturated rings. The van der Waals surface area contributed by atoms with Crippen LogP contribution in [0.15, 0.2) is 6.07 Å². The van der Waals surface area contributed by atoms with Gasteiger partial charge in [-0.3, -0.25) is 9.48 Å². The normalized spacial score (nSPS) is 20.1. The quantitative estimate of drug-likeness (QED) is 0.887. The van der Waals surface area contributed by atoms with Gasteiger partial charge >= 0.3 is 0 Å². The number of likely N-dealkylation sites (tertiary alicyclic amines) is 1. The molecular weight excluding hydrogens is 252 g/mol. The molecular formula is C15H26N4O. The van der Waals surface area contributed by atoms with Gasteiger partial charge in [0.1, 0.15) is 0 Å². The average Bonchev–Trinajstić information content (AvgIpc) is 2.72. The Morgan fingerprint density at radius 1 is 1.50 bits per heavy atom. The number of aromatic nitrogens is 2. The van der Waals surface area contributed by atoms with Crippen LogP contribution in [0.1, 0.15) is 37.1 Å². The molecule has 0 spiro atoms. The minimum absolute atomic E-state index is 0.150. The lowest BCUT2D eigenvalue weighted by molar-refractivity contribution is -0.121. The van der Waals surface area contributed by atoms with Crippen LogP contribution in [-0.2, 0) is 18.4 Å². The number of amides is 1. The fourth-order valence-corrected chi connectivity index (χ4v) is 2.95. The first-order valence-corrected chi connectivity index (χ1v) is 7.49. The Kier molecular flexibility index (Phi) is 5.17. The lowest BCUT2D eigenvalue weighted by Crippen LogP contribution is -2.33. The van der Waals surface area contributed by atoms with Crippen LogP contribution in [-0.4, -0.2) is 40.7 Å². The van der Waals surface area contributed by atoms with E-state index in [9.17, 15) is 4.79 Å². The highest BCUT2D eigenvalue weighted by molar-refractivity contribution is 5.75. The average molecular weight is 278 g/mol. The number of aryl methyl sites for hydroxylation is 2.